The van der Waals surface area contributed by atoms with E-state index in [4.69, 9.17) is 0 Å². The van der Waals surface area contributed by atoms with Gasteiger partial charge in [-0.15, -0.1) is 0 Å². The zero-order chi connectivity index (χ0) is 12.6. The molecule has 0 aliphatic carbocycles. The summed E-state index contributed by atoms with van der Waals surface area (Å²) in [5.74, 6) is -4.03. The highest BCUT2D eigenvalue weighted by atomic mass is 19.2. The van der Waals surface area contributed by atoms with Gasteiger partial charge in [0.1, 0.15) is 0 Å². The fourth-order valence-corrected chi connectivity index (χ4v) is 2.14. The maximum absolute atomic E-state index is 13.6. The second-order valence-corrected chi connectivity index (χ2v) is 4.56. The molecule has 1 fully saturated rings. The number of hydrogen-bond acceptors (Lipinski definition) is 2. The summed E-state index contributed by atoms with van der Waals surface area (Å²) in [7, 11) is 1.89. The number of aliphatic hydroxyl groups is 1. The van der Waals surface area contributed by atoms with E-state index in [1.54, 1.807) is 0 Å². The summed E-state index contributed by atoms with van der Waals surface area (Å²) >= 11 is 0. The number of rotatable bonds is 1. The Hall–Kier alpha value is -1.07. The summed E-state index contributed by atoms with van der Waals surface area (Å²) in [6.07, 6.45) is 0.622. The number of benzene rings is 1. The molecule has 2 rings (SSSR count). The number of halogens is 3. The van der Waals surface area contributed by atoms with Crippen molar-refractivity contribution in [2.75, 3.05) is 20.1 Å². The zero-order valence-corrected chi connectivity index (χ0v) is 9.51. The molecule has 5 heteroatoms. The first-order valence-corrected chi connectivity index (χ1v) is 5.49. The average molecular weight is 245 g/mol. The summed E-state index contributed by atoms with van der Waals surface area (Å²) in [6, 6.07) is 1.98. The molecule has 0 radical (unpaired) electrons. The first-order chi connectivity index (χ1) is 7.94. The smallest absolute Gasteiger partial charge is 0.194 e. The van der Waals surface area contributed by atoms with Crippen LogP contribution in [0, 0.1) is 17.5 Å². The summed E-state index contributed by atoms with van der Waals surface area (Å²) in [5.41, 5.74) is -1.55. The SMILES string of the molecule is CN1CCC(O)(c2ccc(F)c(F)c2F)CC1. The first kappa shape index (κ1) is 12.4. The summed E-state index contributed by atoms with van der Waals surface area (Å²) in [4.78, 5) is 1.99. The van der Waals surface area contributed by atoms with Crippen molar-refractivity contribution in [3.05, 3.63) is 35.1 Å². The predicted octanol–water partition coefficient (Wildman–Crippen LogP) is 2.02. The summed E-state index contributed by atoms with van der Waals surface area (Å²) in [6.45, 7) is 1.18. The van der Waals surface area contributed by atoms with Crippen molar-refractivity contribution >= 4 is 0 Å². The van der Waals surface area contributed by atoms with Crippen LogP contribution in [0.1, 0.15) is 18.4 Å². The van der Waals surface area contributed by atoms with Crippen molar-refractivity contribution in [2.45, 2.75) is 18.4 Å². The molecule has 1 aromatic rings. The number of likely N-dealkylation sites (tertiary alicyclic amines) is 1. The number of nitrogens with zero attached hydrogens (tertiary/aromatic N) is 1. The van der Waals surface area contributed by atoms with Crippen molar-refractivity contribution in [3.8, 4) is 0 Å². The van der Waals surface area contributed by atoms with Crippen LogP contribution < -0.4 is 0 Å². The van der Waals surface area contributed by atoms with E-state index < -0.39 is 23.1 Å². The van der Waals surface area contributed by atoms with E-state index in [-0.39, 0.29) is 5.56 Å². The van der Waals surface area contributed by atoms with Gasteiger partial charge in [0.25, 0.3) is 0 Å². The van der Waals surface area contributed by atoms with Crippen LogP contribution in [0.2, 0.25) is 0 Å². The second kappa shape index (κ2) is 4.31. The molecule has 0 spiro atoms. The van der Waals surface area contributed by atoms with E-state index in [9.17, 15) is 18.3 Å². The Kier molecular flexibility index (Phi) is 3.14. The number of piperidine rings is 1. The quantitative estimate of drug-likeness (QED) is 0.765. The van der Waals surface area contributed by atoms with E-state index in [0.717, 1.165) is 12.1 Å². The first-order valence-electron chi connectivity index (χ1n) is 5.49. The molecule has 0 bridgehead atoms. The Morgan fingerprint density at radius 1 is 1.12 bits per heavy atom. The minimum Gasteiger partial charge on any atom is -0.385 e. The van der Waals surface area contributed by atoms with E-state index in [2.05, 4.69) is 0 Å². The van der Waals surface area contributed by atoms with Crippen molar-refractivity contribution in [3.63, 3.8) is 0 Å². The Morgan fingerprint density at radius 3 is 2.29 bits per heavy atom. The van der Waals surface area contributed by atoms with Crippen LogP contribution in [-0.4, -0.2) is 30.1 Å². The highest BCUT2D eigenvalue weighted by Crippen LogP contribution is 2.35. The second-order valence-electron chi connectivity index (χ2n) is 4.56. The van der Waals surface area contributed by atoms with Gasteiger partial charge in [0, 0.05) is 18.7 Å². The molecule has 1 N–H and O–H groups in total. The fraction of sp³-hybridized carbons (Fsp3) is 0.500. The standard InChI is InChI=1S/C12H14F3NO/c1-16-6-4-12(17,5-7-16)8-2-3-9(13)11(15)10(8)14/h2-3,17H,4-7H2,1H3. The molecule has 0 aromatic heterocycles. The van der Waals surface area contributed by atoms with Crippen LogP contribution in [0.25, 0.3) is 0 Å². The molecule has 0 saturated carbocycles. The molecule has 1 heterocycles. The van der Waals surface area contributed by atoms with Gasteiger partial charge < -0.3 is 10.0 Å². The average Bonchev–Trinajstić information content (AvgIpc) is 2.30. The van der Waals surface area contributed by atoms with Gasteiger partial charge in [0.15, 0.2) is 17.5 Å². The lowest BCUT2D eigenvalue weighted by atomic mass is 9.84. The van der Waals surface area contributed by atoms with Gasteiger partial charge in [-0.3, -0.25) is 0 Å². The molecule has 1 aliphatic rings. The third-order valence-corrected chi connectivity index (χ3v) is 3.35. The lowest BCUT2D eigenvalue weighted by Gasteiger charge is -2.37. The summed E-state index contributed by atoms with van der Waals surface area (Å²) < 4.78 is 39.5. The van der Waals surface area contributed by atoms with Crippen LogP contribution in [0.5, 0.6) is 0 Å². The largest absolute Gasteiger partial charge is 0.385 e. The highest BCUT2D eigenvalue weighted by Gasteiger charge is 2.36. The van der Waals surface area contributed by atoms with Crippen molar-refractivity contribution in [2.24, 2.45) is 0 Å². The van der Waals surface area contributed by atoms with Gasteiger partial charge in [0.2, 0.25) is 0 Å². The molecule has 0 atom stereocenters. The third kappa shape index (κ3) is 2.17. The van der Waals surface area contributed by atoms with Crippen LogP contribution in [0.15, 0.2) is 12.1 Å². The van der Waals surface area contributed by atoms with Crippen LogP contribution in [0.4, 0.5) is 13.2 Å². The Labute approximate surface area is 97.7 Å². The molecule has 0 amide bonds. The van der Waals surface area contributed by atoms with Gasteiger partial charge >= 0.3 is 0 Å². The van der Waals surface area contributed by atoms with Crippen LogP contribution in [0.3, 0.4) is 0 Å². The maximum Gasteiger partial charge on any atom is 0.194 e. The van der Waals surface area contributed by atoms with Gasteiger partial charge in [-0.1, -0.05) is 6.07 Å². The fourth-order valence-electron chi connectivity index (χ4n) is 2.14. The minimum absolute atomic E-state index is 0.149. The van der Waals surface area contributed by atoms with Gasteiger partial charge in [0.05, 0.1) is 5.60 Å². The lowest BCUT2D eigenvalue weighted by Crippen LogP contribution is -2.41. The normalized spacial score (nSPS) is 20.5. The van der Waals surface area contributed by atoms with E-state index in [0.29, 0.717) is 25.9 Å². The van der Waals surface area contributed by atoms with Crippen molar-refractivity contribution in [1.29, 1.82) is 0 Å². The van der Waals surface area contributed by atoms with Gasteiger partial charge in [-0.05, 0) is 26.0 Å². The Morgan fingerprint density at radius 2 is 1.71 bits per heavy atom. The zero-order valence-electron chi connectivity index (χ0n) is 9.51. The lowest BCUT2D eigenvalue weighted by molar-refractivity contribution is -0.0235. The molecular weight excluding hydrogens is 231 g/mol. The van der Waals surface area contributed by atoms with Crippen molar-refractivity contribution in [1.82, 2.24) is 4.90 Å². The Balaban J connectivity index is 2.37. The topological polar surface area (TPSA) is 23.5 Å². The summed E-state index contributed by atoms with van der Waals surface area (Å²) in [5, 5.41) is 10.3. The molecule has 1 saturated heterocycles. The molecule has 2 nitrogen and oxygen atoms in total. The molecule has 1 aliphatic heterocycles. The maximum atomic E-state index is 13.6. The van der Waals surface area contributed by atoms with Crippen LogP contribution in [-0.2, 0) is 5.60 Å². The van der Waals surface area contributed by atoms with E-state index >= 15 is 0 Å². The van der Waals surface area contributed by atoms with Gasteiger partial charge in [-0.2, -0.15) is 0 Å². The molecule has 1 aromatic carbocycles. The molecule has 0 unspecified atom stereocenters. The predicted molar refractivity (Wildman–Crippen MR) is 56.9 cm³/mol. The Bertz CT molecular complexity index is 428. The van der Waals surface area contributed by atoms with Gasteiger partial charge in [-0.25, -0.2) is 13.2 Å². The van der Waals surface area contributed by atoms with Crippen molar-refractivity contribution < 1.29 is 18.3 Å². The van der Waals surface area contributed by atoms with E-state index in [1.807, 2.05) is 11.9 Å². The molecule has 17 heavy (non-hydrogen) atoms. The minimum atomic E-state index is -1.52. The van der Waals surface area contributed by atoms with Crippen LogP contribution >= 0.6 is 0 Å². The monoisotopic (exact) mass is 245 g/mol. The molecular formula is C12H14F3NO. The highest BCUT2D eigenvalue weighted by molar-refractivity contribution is 5.27. The molecule has 94 valence electrons. The third-order valence-electron chi connectivity index (χ3n) is 3.35. The number of hydrogen-bond donors (Lipinski definition) is 1. The van der Waals surface area contributed by atoms with E-state index in [1.165, 1.54) is 0 Å².